The summed E-state index contributed by atoms with van der Waals surface area (Å²) in [5, 5.41) is 3.50. The topological polar surface area (TPSA) is 15.3 Å². The molecule has 0 unspecified atom stereocenters. The van der Waals surface area contributed by atoms with Gasteiger partial charge in [0, 0.05) is 21.7 Å². The first-order valence-corrected chi connectivity index (χ1v) is 5.79. The molecule has 0 spiro atoms. The zero-order valence-corrected chi connectivity index (χ0v) is 14.5. The molecule has 1 aliphatic heterocycles. The van der Waals surface area contributed by atoms with Gasteiger partial charge in [0.2, 0.25) is 0 Å². The van der Waals surface area contributed by atoms with E-state index in [0.29, 0.717) is 0 Å². The quantitative estimate of drug-likeness (QED) is 0.442. The SMILES string of the molecule is CN1CCCCCCNCCCC1.[Cl-].[Cl-].[Cl-].[Ti]. The van der Waals surface area contributed by atoms with E-state index >= 15 is 0 Å². The van der Waals surface area contributed by atoms with Gasteiger partial charge in [-0.2, -0.15) is 0 Å². The standard InChI is InChI=1S/C11H24N2.3ClH.Ti/c1-13-10-6-3-2-4-8-12-9-5-7-11-13;;;;/h12H,2-11H2,1H3;3*1H;/p-3. The van der Waals surface area contributed by atoms with Crippen LogP contribution in [0.4, 0.5) is 0 Å². The maximum atomic E-state index is 3.50. The van der Waals surface area contributed by atoms with Crippen molar-refractivity contribution < 1.29 is 58.9 Å². The fraction of sp³-hybridized carbons (Fsp3) is 1.00. The molecule has 1 heterocycles. The van der Waals surface area contributed by atoms with Gasteiger partial charge in [-0.25, -0.2) is 0 Å². The van der Waals surface area contributed by atoms with E-state index in [4.69, 9.17) is 0 Å². The molecule has 2 nitrogen and oxygen atoms in total. The number of hydrogen-bond acceptors (Lipinski definition) is 2. The molecule has 0 aromatic heterocycles. The van der Waals surface area contributed by atoms with Crippen molar-refractivity contribution in [3.05, 3.63) is 0 Å². The van der Waals surface area contributed by atoms with Crippen LogP contribution < -0.4 is 42.5 Å². The minimum atomic E-state index is 0. The van der Waals surface area contributed by atoms with Crippen molar-refractivity contribution >= 4 is 0 Å². The van der Waals surface area contributed by atoms with Crippen LogP contribution >= 0.6 is 0 Å². The second-order valence-corrected chi connectivity index (χ2v) is 4.17. The van der Waals surface area contributed by atoms with Gasteiger partial charge in [0.1, 0.15) is 0 Å². The Balaban J connectivity index is -0.000000211. The number of rotatable bonds is 0. The molecule has 1 rings (SSSR count). The van der Waals surface area contributed by atoms with Gasteiger partial charge in [-0.15, -0.1) is 0 Å². The van der Waals surface area contributed by atoms with E-state index < -0.39 is 0 Å². The zero-order valence-electron chi connectivity index (χ0n) is 10.7. The number of hydrogen-bond donors (Lipinski definition) is 1. The first-order chi connectivity index (χ1) is 6.39. The average molecular weight is 339 g/mol. The molecule has 0 amide bonds. The summed E-state index contributed by atoms with van der Waals surface area (Å²) >= 11 is 0. The van der Waals surface area contributed by atoms with Crippen molar-refractivity contribution in [1.29, 1.82) is 0 Å². The Morgan fingerprint density at radius 3 is 1.71 bits per heavy atom. The van der Waals surface area contributed by atoms with Crippen LogP contribution in [-0.4, -0.2) is 38.1 Å². The fourth-order valence-corrected chi connectivity index (χ4v) is 1.85. The maximum absolute atomic E-state index is 3.50. The van der Waals surface area contributed by atoms with Crippen LogP contribution in [0.15, 0.2) is 0 Å². The first-order valence-electron chi connectivity index (χ1n) is 5.79. The molecule has 6 heteroatoms. The monoisotopic (exact) mass is 337 g/mol. The molecular weight excluding hydrogens is 314 g/mol. The molecule has 0 saturated carbocycles. The van der Waals surface area contributed by atoms with Gasteiger partial charge >= 0.3 is 0 Å². The predicted molar refractivity (Wildman–Crippen MR) is 58.1 cm³/mol. The van der Waals surface area contributed by atoms with Crippen molar-refractivity contribution in [2.45, 2.75) is 38.5 Å². The van der Waals surface area contributed by atoms with E-state index in [1.165, 1.54) is 64.7 Å². The zero-order chi connectivity index (χ0) is 9.36. The molecule has 1 saturated heterocycles. The second-order valence-electron chi connectivity index (χ2n) is 4.17. The van der Waals surface area contributed by atoms with Crippen LogP contribution in [0.1, 0.15) is 38.5 Å². The summed E-state index contributed by atoms with van der Waals surface area (Å²) in [6.07, 6.45) is 8.25. The average Bonchev–Trinajstić information content (AvgIpc) is 2.11. The van der Waals surface area contributed by atoms with E-state index in [2.05, 4.69) is 17.3 Å². The van der Waals surface area contributed by atoms with Gasteiger partial charge in [-0.05, 0) is 58.9 Å². The van der Waals surface area contributed by atoms with Crippen LogP contribution in [0.2, 0.25) is 0 Å². The largest absolute Gasteiger partial charge is 1.00 e. The minimum Gasteiger partial charge on any atom is -1.00 e. The molecule has 1 fully saturated rings. The van der Waals surface area contributed by atoms with E-state index in [9.17, 15) is 0 Å². The third-order valence-corrected chi connectivity index (χ3v) is 2.79. The molecule has 0 aromatic carbocycles. The summed E-state index contributed by atoms with van der Waals surface area (Å²) in [6.45, 7) is 5.03. The molecule has 0 atom stereocenters. The number of nitrogens with zero attached hydrogens (tertiary/aromatic N) is 1. The molecule has 1 aliphatic rings. The van der Waals surface area contributed by atoms with Crippen LogP contribution in [0.5, 0.6) is 0 Å². The second kappa shape index (κ2) is 19.8. The molecule has 0 bridgehead atoms. The Morgan fingerprint density at radius 2 is 1.12 bits per heavy atom. The molecule has 17 heavy (non-hydrogen) atoms. The van der Waals surface area contributed by atoms with Gasteiger partial charge in [-0.3, -0.25) is 0 Å². The molecule has 0 aromatic rings. The Morgan fingerprint density at radius 1 is 0.706 bits per heavy atom. The smallest absolute Gasteiger partial charge is 0 e. The van der Waals surface area contributed by atoms with Crippen LogP contribution in [0, 0.1) is 0 Å². The summed E-state index contributed by atoms with van der Waals surface area (Å²) in [4.78, 5) is 2.47. The summed E-state index contributed by atoms with van der Waals surface area (Å²) < 4.78 is 0. The van der Waals surface area contributed by atoms with E-state index in [-0.39, 0.29) is 58.9 Å². The van der Waals surface area contributed by atoms with Gasteiger partial charge in [0.05, 0.1) is 0 Å². The van der Waals surface area contributed by atoms with Gasteiger partial charge < -0.3 is 47.4 Å². The third kappa shape index (κ3) is 17.5. The molecular formula is C11H24Cl3N2Ti-3. The summed E-state index contributed by atoms with van der Waals surface area (Å²) in [5.41, 5.74) is 0. The molecule has 106 valence electrons. The number of halogens is 3. The summed E-state index contributed by atoms with van der Waals surface area (Å²) in [5.74, 6) is 0. The first kappa shape index (κ1) is 27.0. The molecule has 1 N–H and O–H groups in total. The number of nitrogens with one attached hydrogen (secondary N) is 1. The summed E-state index contributed by atoms with van der Waals surface area (Å²) in [6, 6.07) is 0. The van der Waals surface area contributed by atoms with Gasteiger partial charge in [0.15, 0.2) is 0 Å². The van der Waals surface area contributed by atoms with Crippen molar-refractivity contribution in [3.8, 4) is 0 Å². The fourth-order valence-electron chi connectivity index (χ4n) is 1.85. The van der Waals surface area contributed by atoms with Crippen molar-refractivity contribution in [2.24, 2.45) is 0 Å². The normalized spacial score (nSPS) is 18.9. The van der Waals surface area contributed by atoms with E-state index in [1.54, 1.807) is 0 Å². The van der Waals surface area contributed by atoms with Crippen LogP contribution in [-0.2, 0) is 21.7 Å². The van der Waals surface area contributed by atoms with Gasteiger partial charge in [0.25, 0.3) is 0 Å². The Labute approximate surface area is 140 Å². The third-order valence-electron chi connectivity index (χ3n) is 2.79. The Kier molecular flexibility index (Phi) is 31.4. The Hall–Kier alpha value is 1.50. The maximum Gasteiger partial charge on any atom is 0 e. The van der Waals surface area contributed by atoms with Crippen LogP contribution in [0.3, 0.4) is 0 Å². The van der Waals surface area contributed by atoms with Crippen molar-refractivity contribution in [2.75, 3.05) is 33.2 Å². The van der Waals surface area contributed by atoms with E-state index in [0.717, 1.165) is 0 Å². The minimum absolute atomic E-state index is 0. The molecule has 0 radical (unpaired) electrons. The van der Waals surface area contributed by atoms with Crippen molar-refractivity contribution in [3.63, 3.8) is 0 Å². The van der Waals surface area contributed by atoms with Crippen LogP contribution in [0.25, 0.3) is 0 Å². The Bertz CT molecular complexity index is 119. The molecule has 0 aliphatic carbocycles. The van der Waals surface area contributed by atoms with Crippen molar-refractivity contribution in [1.82, 2.24) is 10.2 Å². The summed E-state index contributed by atoms with van der Waals surface area (Å²) in [7, 11) is 2.25. The van der Waals surface area contributed by atoms with Gasteiger partial charge in [-0.1, -0.05) is 12.8 Å². The van der Waals surface area contributed by atoms with E-state index in [1.807, 2.05) is 0 Å². The predicted octanol–water partition coefficient (Wildman–Crippen LogP) is -7.13.